The van der Waals surface area contributed by atoms with Crippen LogP contribution in [0.1, 0.15) is 30.6 Å². The van der Waals surface area contributed by atoms with Crippen LogP contribution in [0.3, 0.4) is 0 Å². The predicted molar refractivity (Wildman–Crippen MR) is 83.8 cm³/mol. The Labute approximate surface area is 128 Å². The van der Waals surface area contributed by atoms with Gasteiger partial charge in [0.2, 0.25) is 0 Å². The van der Waals surface area contributed by atoms with Gasteiger partial charge in [-0.05, 0) is 24.8 Å². The van der Waals surface area contributed by atoms with E-state index in [2.05, 4.69) is 5.32 Å². The Bertz CT molecular complexity index is 726. The highest BCUT2D eigenvalue weighted by molar-refractivity contribution is 6.05. The van der Waals surface area contributed by atoms with Crippen molar-refractivity contribution in [3.05, 3.63) is 42.0 Å². The van der Waals surface area contributed by atoms with Crippen LogP contribution in [0.25, 0.3) is 10.8 Å². The summed E-state index contributed by atoms with van der Waals surface area (Å²) in [6.07, 6.45) is 0.375. The summed E-state index contributed by atoms with van der Waals surface area (Å²) in [6.45, 7) is 3.37. The molecule has 0 aliphatic heterocycles. The third-order valence-corrected chi connectivity index (χ3v) is 3.88. The number of fused-ring (bicyclic) bond motifs is 1. The van der Waals surface area contributed by atoms with E-state index in [0.717, 1.165) is 5.39 Å². The molecule has 5 heteroatoms. The van der Waals surface area contributed by atoms with Gasteiger partial charge in [-0.2, -0.15) is 0 Å². The van der Waals surface area contributed by atoms with Crippen LogP contribution in [0.2, 0.25) is 0 Å². The van der Waals surface area contributed by atoms with E-state index in [1.807, 2.05) is 12.1 Å². The van der Waals surface area contributed by atoms with E-state index in [1.54, 1.807) is 38.1 Å². The molecule has 0 fully saturated rings. The molecule has 0 aliphatic carbocycles. The number of benzene rings is 2. The SMILES string of the molecule is CC[C@](C)(NC(=O)c1ccc2ccccc2c1O)C(=O)OC. The number of esters is 1. The molecule has 0 radical (unpaired) electrons. The van der Waals surface area contributed by atoms with Crippen LogP contribution in [-0.4, -0.2) is 29.6 Å². The molecule has 0 saturated carbocycles. The third-order valence-electron chi connectivity index (χ3n) is 3.88. The first-order valence-corrected chi connectivity index (χ1v) is 7.04. The highest BCUT2D eigenvalue weighted by Gasteiger charge is 2.35. The van der Waals surface area contributed by atoms with Crippen molar-refractivity contribution in [2.75, 3.05) is 7.11 Å². The van der Waals surface area contributed by atoms with Crippen molar-refractivity contribution in [3.8, 4) is 5.75 Å². The summed E-state index contributed by atoms with van der Waals surface area (Å²) in [5, 5.41) is 14.4. The Morgan fingerprint density at radius 3 is 2.55 bits per heavy atom. The lowest BCUT2D eigenvalue weighted by Crippen LogP contribution is -2.52. The molecule has 2 aromatic carbocycles. The standard InChI is InChI=1S/C17H19NO4/c1-4-17(2,16(21)22-3)18-15(20)13-10-9-11-7-5-6-8-12(11)14(13)19/h5-10,19H,4H2,1-3H3,(H,18,20)/t17-/m0/s1. The topological polar surface area (TPSA) is 75.6 Å². The molecule has 0 aliphatic rings. The van der Waals surface area contributed by atoms with Crippen LogP contribution in [0.15, 0.2) is 36.4 Å². The quantitative estimate of drug-likeness (QED) is 0.851. The first-order valence-electron chi connectivity index (χ1n) is 7.04. The van der Waals surface area contributed by atoms with E-state index in [0.29, 0.717) is 11.8 Å². The number of carbonyl (C=O) groups excluding carboxylic acids is 2. The highest BCUT2D eigenvalue weighted by atomic mass is 16.5. The summed E-state index contributed by atoms with van der Waals surface area (Å²) in [7, 11) is 1.27. The van der Waals surface area contributed by atoms with Gasteiger partial charge in [-0.15, -0.1) is 0 Å². The maximum absolute atomic E-state index is 12.4. The van der Waals surface area contributed by atoms with Crippen LogP contribution in [0.4, 0.5) is 0 Å². The molecule has 2 N–H and O–H groups in total. The number of rotatable bonds is 4. The number of phenols is 1. The number of carbonyl (C=O) groups is 2. The fourth-order valence-electron chi connectivity index (χ4n) is 2.27. The molecule has 2 aromatic rings. The Morgan fingerprint density at radius 1 is 1.23 bits per heavy atom. The minimum Gasteiger partial charge on any atom is -0.506 e. The first-order chi connectivity index (χ1) is 10.4. The number of phenolic OH excluding ortho intramolecular Hbond substituents is 1. The zero-order valence-corrected chi connectivity index (χ0v) is 12.8. The number of hydrogen-bond acceptors (Lipinski definition) is 4. The summed E-state index contributed by atoms with van der Waals surface area (Å²) in [6, 6.07) is 10.5. The van der Waals surface area contributed by atoms with Gasteiger partial charge in [-0.3, -0.25) is 4.79 Å². The number of amides is 1. The number of hydrogen-bond donors (Lipinski definition) is 2. The molecule has 1 amide bonds. The van der Waals surface area contributed by atoms with Crippen LogP contribution in [-0.2, 0) is 9.53 Å². The predicted octanol–water partition coefficient (Wildman–Crippen LogP) is 2.62. The molecule has 0 heterocycles. The minimum absolute atomic E-state index is 0.0982. The van der Waals surface area contributed by atoms with Gasteiger partial charge >= 0.3 is 5.97 Å². The lowest BCUT2D eigenvalue weighted by atomic mass is 9.97. The van der Waals surface area contributed by atoms with Crippen molar-refractivity contribution < 1.29 is 19.4 Å². The average molecular weight is 301 g/mol. The first kappa shape index (κ1) is 15.8. The smallest absolute Gasteiger partial charge is 0.331 e. The second kappa shape index (κ2) is 6.05. The van der Waals surface area contributed by atoms with E-state index >= 15 is 0 Å². The number of ether oxygens (including phenoxy) is 1. The van der Waals surface area contributed by atoms with Crippen molar-refractivity contribution in [1.82, 2.24) is 5.32 Å². The zero-order valence-electron chi connectivity index (χ0n) is 12.8. The van der Waals surface area contributed by atoms with Crippen LogP contribution >= 0.6 is 0 Å². The molecule has 22 heavy (non-hydrogen) atoms. The third kappa shape index (κ3) is 2.74. The molecule has 116 valence electrons. The molecule has 1 atom stereocenters. The molecule has 5 nitrogen and oxygen atoms in total. The summed E-state index contributed by atoms with van der Waals surface area (Å²) in [4.78, 5) is 24.3. The van der Waals surface area contributed by atoms with Gasteiger partial charge in [0.25, 0.3) is 5.91 Å². The molecule has 0 bridgehead atoms. The molecule has 2 rings (SSSR count). The fourth-order valence-corrected chi connectivity index (χ4v) is 2.27. The Hall–Kier alpha value is -2.56. The molecule has 0 unspecified atom stereocenters. The molecule has 0 saturated heterocycles. The minimum atomic E-state index is -1.14. The van der Waals surface area contributed by atoms with Gasteiger partial charge in [0.1, 0.15) is 11.3 Å². The maximum Gasteiger partial charge on any atom is 0.331 e. The maximum atomic E-state index is 12.4. The molecular weight excluding hydrogens is 282 g/mol. The number of aromatic hydroxyl groups is 1. The summed E-state index contributed by atoms with van der Waals surface area (Å²) >= 11 is 0. The second-order valence-corrected chi connectivity index (χ2v) is 5.31. The monoisotopic (exact) mass is 301 g/mol. The van der Waals surface area contributed by atoms with Gasteiger partial charge < -0.3 is 15.2 Å². The number of methoxy groups -OCH3 is 1. The van der Waals surface area contributed by atoms with E-state index in [1.165, 1.54) is 7.11 Å². The van der Waals surface area contributed by atoms with Gasteiger partial charge in [0, 0.05) is 5.39 Å². The largest absolute Gasteiger partial charge is 0.506 e. The van der Waals surface area contributed by atoms with Crippen molar-refractivity contribution >= 4 is 22.6 Å². The Balaban J connectivity index is 2.38. The van der Waals surface area contributed by atoms with Crippen molar-refractivity contribution in [1.29, 1.82) is 0 Å². The number of nitrogens with one attached hydrogen (secondary N) is 1. The summed E-state index contributed by atoms with van der Waals surface area (Å²) in [5.41, 5.74) is -1.01. The molecular formula is C17H19NO4. The van der Waals surface area contributed by atoms with Crippen LogP contribution < -0.4 is 5.32 Å². The van der Waals surface area contributed by atoms with Crippen molar-refractivity contribution in [2.45, 2.75) is 25.8 Å². The summed E-state index contributed by atoms with van der Waals surface area (Å²) < 4.78 is 4.73. The lowest BCUT2D eigenvalue weighted by molar-refractivity contribution is -0.147. The molecule has 0 aromatic heterocycles. The molecule has 0 spiro atoms. The Kier molecular flexibility index (Phi) is 4.35. The second-order valence-electron chi connectivity index (χ2n) is 5.31. The van der Waals surface area contributed by atoms with Crippen LogP contribution in [0.5, 0.6) is 5.75 Å². The van der Waals surface area contributed by atoms with Gasteiger partial charge in [-0.1, -0.05) is 37.3 Å². The lowest BCUT2D eigenvalue weighted by Gasteiger charge is -2.26. The fraction of sp³-hybridized carbons (Fsp3) is 0.294. The van der Waals surface area contributed by atoms with Crippen LogP contribution in [0, 0.1) is 0 Å². The van der Waals surface area contributed by atoms with Gasteiger partial charge in [0.05, 0.1) is 12.7 Å². The van der Waals surface area contributed by atoms with Gasteiger partial charge in [-0.25, -0.2) is 4.79 Å². The van der Waals surface area contributed by atoms with E-state index < -0.39 is 17.4 Å². The van der Waals surface area contributed by atoms with Crippen molar-refractivity contribution in [3.63, 3.8) is 0 Å². The van der Waals surface area contributed by atoms with Gasteiger partial charge in [0.15, 0.2) is 0 Å². The van der Waals surface area contributed by atoms with Crippen molar-refractivity contribution in [2.24, 2.45) is 0 Å². The normalized spacial score (nSPS) is 13.4. The van der Waals surface area contributed by atoms with E-state index in [9.17, 15) is 14.7 Å². The zero-order chi connectivity index (χ0) is 16.3. The average Bonchev–Trinajstić information content (AvgIpc) is 2.54. The highest BCUT2D eigenvalue weighted by Crippen LogP contribution is 2.29. The summed E-state index contributed by atoms with van der Waals surface area (Å²) in [5.74, 6) is -1.14. The van der Waals surface area contributed by atoms with E-state index in [-0.39, 0.29) is 11.3 Å². The Morgan fingerprint density at radius 2 is 1.91 bits per heavy atom. The van der Waals surface area contributed by atoms with E-state index in [4.69, 9.17) is 4.74 Å².